The van der Waals surface area contributed by atoms with Crippen molar-refractivity contribution >= 4 is 23.7 Å². The molecule has 1 saturated carbocycles. The van der Waals surface area contributed by atoms with Crippen LogP contribution in [0.5, 0.6) is 11.5 Å². The van der Waals surface area contributed by atoms with Crippen molar-refractivity contribution in [2.75, 3.05) is 13.2 Å². The highest BCUT2D eigenvalue weighted by Gasteiger charge is 2.21. The molecule has 7 heteroatoms. The molecule has 2 N–H and O–H groups in total. The van der Waals surface area contributed by atoms with Crippen molar-refractivity contribution in [3.8, 4) is 11.5 Å². The Morgan fingerprint density at radius 3 is 2.58 bits per heavy atom. The summed E-state index contributed by atoms with van der Waals surface area (Å²) >= 11 is 1.39. The zero-order valence-corrected chi connectivity index (χ0v) is 15.9. The monoisotopic (exact) mass is 378 g/mol. The summed E-state index contributed by atoms with van der Waals surface area (Å²) in [6, 6.07) is 5.44. The fraction of sp³-hybridized carbons (Fsp3) is 0.579. The van der Waals surface area contributed by atoms with Gasteiger partial charge in [-0.15, -0.1) is 11.8 Å². The van der Waals surface area contributed by atoms with E-state index in [9.17, 15) is 9.59 Å². The molecule has 6 nitrogen and oxygen atoms in total. The number of rotatable bonds is 4. The van der Waals surface area contributed by atoms with E-state index in [4.69, 9.17) is 9.47 Å². The predicted octanol–water partition coefficient (Wildman–Crippen LogP) is 3.49. The number of nitrogens with one attached hydrogen (secondary N) is 2. The Hall–Kier alpha value is -1.89. The Morgan fingerprint density at radius 1 is 1.08 bits per heavy atom. The molecular formula is C19H26N2O4S. The molecule has 1 aromatic rings. The van der Waals surface area contributed by atoms with E-state index in [0.29, 0.717) is 19.0 Å². The molecule has 1 aliphatic carbocycles. The largest absolute Gasteiger partial charge is 0.490 e. The summed E-state index contributed by atoms with van der Waals surface area (Å²) in [5, 5.41) is 4.96. The first-order valence-corrected chi connectivity index (χ1v) is 10.2. The summed E-state index contributed by atoms with van der Waals surface area (Å²) in [4.78, 5) is 25.2. The van der Waals surface area contributed by atoms with Gasteiger partial charge in [0.15, 0.2) is 11.5 Å². The first-order valence-electron chi connectivity index (χ1n) is 9.29. The van der Waals surface area contributed by atoms with Crippen LogP contribution in [0.4, 0.5) is 4.79 Å². The maximum atomic E-state index is 12.3. The van der Waals surface area contributed by atoms with Crippen molar-refractivity contribution in [3.63, 3.8) is 0 Å². The second kappa shape index (κ2) is 9.16. The summed E-state index contributed by atoms with van der Waals surface area (Å²) in [5.41, 5.74) is 0. The van der Waals surface area contributed by atoms with Crippen LogP contribution in [0.1, 0.15) is 45.4 Å². The topological polar surface area (TPSA) is 76.7 Å². The lowest BCUT2D eigenvalue weighted by atomic mass is 9.96. The fourth-order valence-corrected chi connectivity index (χ4v) is 4.05. The summed E-state index contributed by atoms with van der Waals surface area (Å²) in [6.45, 7) is 3.06. The van der Waals surface area contributed by atoms with Gasteiger partial charge in [0.05, 0.1) is 18.5 Å². The van der Waals surface area contributed by atoms with Crippen LogP contribution in [0.15, 0.2) is 23.1 Å². The molecule has 142 valence electrons. The molecule has 1 aliphatic heterocycles. The SMILES string of the molecule is C[C@@H](Sc1ccc2c(c1)OCCCO2)C(=O)NC(=O)NC1CCCCC1. The van der Waals surface area contributed by atoms with Crippen molar-refractivity contribution < 1.29 is 19.1 Å². The molecule has 2 aliphatic rings. The van der Waals surface area contributed by atoms with Gasteiger partial charge in [0, 0.05) is 17.4 Å². The molecule has 0 bridgehead atoms. The third-order valence-electron chi connectivity index (χ3n) is 4.58. The molecule has 0 aromatic heterocycles. The summed E-state index contributed by atoms with van der Waals surface area (Å²) in [5.74, 6) is 1.14. The summed E-state index contributed by atoms with van der Waals surface area (Å²) in [7, 11) is 0. The van der Waals surface area contributed by atoms with E-state index >= 15 is 0 Å². The van der Waals surface area contributed by atoms with E-state index in [-0.39, 0.29) is 11.9 Å². The molecule has 1 fully saturated rings. The molecule has 0 radical (unpaired) electrons. The van der Waals surface area contributed by atoms with Crippen molar-refractivity contribution in [1.29, 1.82) is 0 Å². The molecule has 1 aromatic carbocycles. The van der Waals surface area contributed by atoms with Gasteiger partial charge in [0.1, 0.15) is 0 Å². The first-order chi connectivity index (χ1) is 12.6. The molecule has 3 amide bonds. The Kier molecular flexibility index (Phi) is 6.66. The Bertz CT molecular complexity index is 646. The van der Waals surface area contributed by atoms with Gasteiger partial charge in [-0.25, -0.2) is 4.79 Å². The van der Waals surface area contributed by atoms with Gasteiger partial charge in [-0.05, 0) is 38.0 Å². The third-order valence-corrected chi connectivity index (χ3v) is 5.67. The fourth-order valence-electron chi connectivity index (χ4n) is 3.16. The second-order valence-electron chi connectivity index (χ2n) is 6.72. The maximum absolute atomic E-state index is 12.3. The van der Waals surface area contributed by atoms with Gasteiger partial charge in [-0.1, -0.05) is 19.3 Å². The van der Waals surface area contributed by atoms with E-state index < -0.39 is 11.3 Å². The van der Waals surface area contributed by atoms with Crippen molar-refractivity contribution in [2.45, 2.75) is 61.6 Å². The van der Waals surface area contributed by atoms with Gasteiger partial charge in [0.25, 0.3) is 0 Å². The standard InChI is InChI=1S/C19H26N2O4S/c1-13(18(22)21-19(23)20-14-6-3-2-4-7-14)26-15-8-9-16-17(12-15)25-11-5-10-24-16/h8-9,12-14H,2-7,10-11H2,1H3,(H2,20,21,22,23)/t13-/m1/s1. The third kappa shape index (κ3) is 5.30. The number of benzene rings is 1. The molecule has 0 unspecified atom stereocenters. The average Bonchev–Trinajstić information content (AvgIpc) is 2.87. The number of carbonyl (C=O) groups excluding carboxylic acids is 2. The van der Waals surface area contributed by atoms with E-state index in [2.05, 4.69) is 10.6 Å². The van der Waals surface area contributed by atoms with Crippen molar-refractivity contribution in [1.82, 2.24) is 10.6 Å². The predicted molar refractivity (Wildman–Crippen MR) is 101 cm³/mol. The smallest absolute Gasteiger partial charge is 0.321 e. The van der Waals surface area contributed by atoms with Crippen LogP contribution in [0.2, 0.25) is 0 Å². The van der Waals surface area contributed by atoms with Gasteiger partial charge in [0.2, 0.25) is 5.91 Å². The lowest BCUT2D eigenvalue weighted by molar-refractivity contribution is -0.119. The van der Waals surface area contributed by atoms with Gasteiger partial charge >= 0.3 is 6.03 Å². The van der Waals surface area contributed by atoms with Gasteiger partial charge in [-0.3, -0.25) is 10.1 Å². The molecule has 3 rings (SSSR count). The first kappa shape index (κ1) is 18.9. The number of ether oxygens (including phenoxy) is 2. The summed E-state index contributed by atoms with van der Waals surface area (Å²) < 4.78 is 11.3. The number of thioether (sulfide) groups is 1. The van der Waals surface area contributed by atoms with E-state index in [1.54, 1.807) is 6.92 Å². The van der Waals surface area contributed by atoms with Crippen LogP contribution >= 0.6 is 11.8 Å². The summed E-state index contributed by atoms with van der Waals surface area (Å²) in [6.07, 6.45) is 6.32. The number of carbonyl (C=O) groups is 2. The molecular weight excluding hydrogens is 352 g/mol. The van der Waals surface area contributed by atoms with Crippen LogP contribution < -0.4 is 20.1 Å². The Balaban J connectivity index is 1.50. The quantitative estimate of drug-likeness (QED) is 0.785. The van der Waals surface area contributed by atoms with Crippen molar-refractivity contribution in [3.05, 3.63) is 18.2 Å². The highest BCUT2D eigenvalue weighted by Crippen LogP contribution is 2.35. The zero-order valence-electron chi connectivity index (χ0n) is 15.1. The minimum absolute atomic E-state index is 0.182. The van der Waals surface area contributed by atoms with E-state index in [1.165, 1.54) is 18.2 Å². The number of hydrogen-bond acceptors (Lipinski definition) is 5. The zero-order chi connectivity index (χ0) is 18.4. The van der Waals surface area contributed by atoms with E-state index in [0.717, 1.165) is 42.7 Å². The minimum atomic E-state index is -0.395. The minimum Gasteiger partial charge on any atom is -0.490 e. The number of urea groups is 1. The number of imide groups is 1. The molecule has 0 spiro atoms. The molecule has 1 atom stereocenters. The van der Waals surface area contributed by atoms with Crippen LogP contribution in [-0.2, 0) is 4.79 Å². The maximum Gasteiger partial charge on any atom is 0.321 e. The van der Waals surface area contributed by atoms with E-state index in [1.807, 2.05) is 18.2 Å². The molecule has 1 heterocycles. The Morgan fingerprint density at radius 2 is 1.81 bits per heavy atom. The number of amides is 3. The van der Waals surface area contributed by atoms with Crippen LogP contribution in [0, 0.1) is 0 Å². The lowest BCUT2D eigenvalue weighted by Gasteiger charge is -2.23. The average molecular weight is 378 g/mol. The molecule has 26 heavy (non-hydrogen) atoms. The van der Waals surface area contributed by atoms with Gasteiger partial charge in [-0.2, -0.15) is 0 Å². The number of fused-ring (bicyclic) bond motifs is 1. The highest BCUT2D eigenvalue weighted by molar-refractivity contribution is 8.00. The van der Waals surface area contributed by atoms with Crippen LogP contribution in [-0.4, -0.2) is 36.4 Å². The number of hydrogen-bond donors (Lipinski definition) is 2. The highest BCUT2D eigenvalue weighted by atomic mass is 32.2. The van der Waals surface area contributed by atoms with Crippen molar-refractivity contribution in [2.24, 2.45) is 0 Å². The second-order valence-corrected chi connectivity index (χ2v) is 8.13. The Labute approximate surface area is 158 Å². The van der Waals surface area contributed by atoms with Crippen LogP contribution in [0.25, 0.3) is 0 Å². The normalized spacial score (nSPS) is 18.5. The molecule has 0 saturated heterocycles. The van der Waals surface area contributed by atoms with Gasteiger partial charge < -0.3 is 14.8 Å². The van der Waals surface area contributed by atoms with Crippen LogP contribution in [0.3, 0.4) is 0 Å². The lowest BCUT2D eigenvalue weighted by Crippen LogP contribution is -2.47.